The Bertz CT molecular complexity index is 1370. The quantitative estimate of drug-likeness (QED) is 0.434. The molecule has 37 heavy (non-hydrogen) atoms. The fraction of sp³-hybridized carbons (Fsp3) is 0.348. The number of pyridine rings is 1. The number of rotatable bonds is 9. The predicted octanol–water partition coefficient (Wildman–Crippen LogP) is 2.03. The van der Waals surface area contributed by atoms with E-state index in [2.05, 4.69) is 15.0 Å². The molecule has 1 atom stereocenters. The molecule has 0 amide bonds. The van der Waals surface area contributed by atoms with Crippen molar-refractivity contribution < 1.29 is 32.5 Å². The summed E-state index contributed by atoms with van der Waals surface area (Å²) in [5.74, 6) is 0.0943. The molecular weight excluding hydrogens is 499 g/mol. The number of aliphatic hydroxyl groups is 1. The van der Waals surface area contributed by atoms with Gasteiger partial charge in [0.05, 0.1) is 13.7 Å². The lowest BCUT2D eigenvalue weighted by atomic mass is 10.2. The number of aliphatic hydroxyl groups excluding tert-OH is 1. The van der Waals surface area contributed by atoms with Crippen LogP contribution in [0.25, 0.3) is 0 Å². The number of alkyl halides is 3. The van der Waals surface area contributed by atoms with Gasteiger partial charge in [0.2, 0.25) is 5.88 Å². The fourth-order valence-corrected chi connectivity index (χ4v) is 3.86. The van der Waals surface area contributed by atoms with Crippen LogP contribution in [0.1, 0.15) is 12.0 Å². The fourth-order valence-electron chi connectivity index (χ4n) is 3.86. The first-order chi connectivity index (χ1) is 17.6. The van der Waals surface area contributed by atoms with Gasteiger partial charge in [-0.2, -0.15) is 0 Å². The first-order valence-electron chi connectivity index (χ1n) is 11.1. The van der Waals surface area contributed by atoms with E-state index in [9.17, 15) is 27.9 Å². The van der Waals surface area contributed by atoms with E-state index in [1.807, 2.05) is 0 Å². The van der Waals surface area contributed by atoms with Crippen LogP contribution in [-0.2, 0) is 20.1 Å². The summed E-state index contributed by atoms with van der Waals surface area (Å²) >= 11 is 0. The molecule has 3 aromatic rings. The van der Waals surface area contributed by atoms with E-state index >= 15 is 0 Å². The molecular formula is C23H24F3N5O6. The van der Waals surface area contributed by atoms with E-state index < -0.39 is 29.7 Å². The van der Waals surface area contributed by atoms with Crippen LogP contribution in [0.3, 0.4) is 0 Å². The molecule has 0 saturated heterocycles. The van der Waals surface area contributed by atoms with Crippen molar-refractivity contribution in [1.29, 1.82) is 0 Å². The summed E-state index contributed by atoms with van der Waals surface area (Å²) in [7, 11) is 2.94. The van der Waals surface area contributed by atoms with E-state index in [0.29, 0.717) is 11.4 Å². The van der Waals surface area contributed by atoms with Gasteiger partial charge in [-0.05, 0) is 24.1 Å². The molecule has 0 saturated carbocycles. The standard InChI is InChI=1S/C23H24F3N5O6/c1-29-19-18(20(33)30(22(29)34)9-4-10-32)31(13-14-7-8-17(35-2)27-12-14)21(28-19)36-15-5-3-6-16(11-15)37-23(24,25)26/h3,5-8,11-12,21,28,32H,4,9-10,13H2,1-2H3. The Hall–Kier alpha value is -4.20. The van der Waals surface area contributed by atoms with Gasteiger partial charge in [0.15, 0.2) is 0 Å². The van der Waals surface area contributed by atoms with Crippen LogP contribution in [0, 0.1) is 0 Å². The maximum atomic E-state index is 13.4. The summed E-state index contributed by atoms with van der Waals surface area (Å²) in [6, 6.07) is 8.30. The zero-order valence-corrected chi connectivity index (χ0v) is 19.9. The first kappa shape index (κ1) is 25.9. The molecule has 2 aromatic heterocycles. The maximum absolute atomic E-state index is 13.4. The molecule has 0 bridgehead atoms. The van der Waals surface area contributed by atoms with Crippen LogP contribution in [-0.4, -0.2) is 45.7 Å². The molecule has 2 N–H and O–H groups in total. The Kier molecular flexibility index (Phi) is 7.29. The summed E-state index contributed by atoms with van der Waals surface area (Å²) in [6.45, 7) is -0.127. The number of hydrogen-bond donors (Lipinski definition) is 2. The van der Waals surface area contributed by atoms with Crippen LogP contribution in [0.2, 0.25) is 0 Å². The molecule has 3 heterocycles. The van der Waals surface area contributed by atoms with Crippen LogP contribution >= 0.6 is 0 Å². The van der Waals surface area contributed by atoms with Crippen molar-refractivity contribution in [3.05, 3.63) is 69.0 Å². The Morgan fingerprint density at radius 2 is 1.92 bits per heavy atom. The summed E-state index contributed by atoms with van der Waals surface area (Å²) < 4.78 is 55.3. The number of hydrogen-bond acceptors (Lipinski definition) is 9. The molecule has 0 spiro atoms. The molecule has 0 aliphatic carbocycles. The molecule has 198 valence electrons. The lowest BCUT2D eigenvalue weighted by Gasteiger charge is -2.26. The average molecular weight is 523 g/mol. The summed E-state index contributed by atoms with van der Waals surface area (Å²) in [5.41, 5.74) is -0.435. The van der Waals surface area contributed by atoms with E-state index in [-0.39, 0.29) is 43.4 Å². The number of nitrogens with zero attached hydrogens (tertiary/aromatic N) is 4. The Balaban J connectivity index is 1.74. The van der Waals surface area contributed by atoms with Crippen molar-refractivity contribution >= 4 is 11.5 Å². The second-order valence-corrected chi connectivity index (χ2v) is 8.05. The average Bonchev–Trinajstić information content (AvgIpc) is 3.20. The van der Waals surface area contributed by atoms with Gasteiger partial charge >= 0.3 is 12.1 Å². The van der Waals surface area contributed by atoms with Crippen molar-refractivity contribution in [2.24, 2.45) is 7.05 Å². The smallest absolute Gasteiger partial charge is 0.481 e. The number of methoxy groups -OCH3 is 1. The highest BCUT2D eigenvalue weighted by Gasteiger charge is 2.37. The molecule has 1 aliphatic rings. The molecule has 14 heteroatoms. The van der Waals surface area contributed by atoms with E-state index in [0.717, 1.165) is 16.7 Å². The van der Waals surface area contributed by atoms with Gasteiger partial charge in [0, 0.05) is 38.5 Å². The SMILES string of the molecule is COc1ccc(CN2c3c(n(C)c(=O)n(CCCO)c3=O)NC2Oc2cccc(OC(F)(F)F)c2)cn1. The van der Waals surface area contributed by atoms with Gasteiger partial charge in [0.25, 0.3) is 11.9 Å². The molecule has 4 rings (SSSR count). The van der Waals surface area contributed by atoms with Gasteiger partial charge < -0.3 is 29.5 Å². The third-order valence-corrected chi connectivity index (χ3v) is 5.54. The Labute approximate surface area is 208 Å². The lowest BCUT2D eigenvalue weighted by molar-refractivity contribution is -0.274. The minimum absolute atomic E-state index is 0.00440. The number of nitrogens with one attached hydrogen (secondary N) is 1. The van der Waals surface area contributed by atoms with Crippen LogP contribution < -0.4 is 35.7 Å². The molecule has 1 unspecified atom stereocenters. The zero-order chi connectivity index (χ0) is 26.7. The van der Waals surface area contributed by atoms with Crippen molar-refractivity contribution in [3.63, 3.8) is 0 Å². The molecule has 0 radical (unpaired) electrons. The van der Waals surface area contributed by atoms with Gasteiger partial charge in [-0.1, -0.05) is 12.1 Å². The highest BCUT2D eigenvalue weighted by molar-refractivity contribution is 5.71. The number of ether oxygens (including phenoxy) is 3. The van der Waals surface area contributed by atoms with Crippen molar-refractivity contribution in [2.45, 2.75) is 32.2 Å². The lowest BCUT2D eigenvalue weighted by Crippen LogP contribution is -2.43. The minimum Gasteiger partial charge on any atom is -0.481 e. The summed E-state index contributed by atoms with van der Waals surface area (Å²) in [5, 5.41) is 12.2. The highest BCUT2D eigenvalue weighted by atomic mass is 19.4. The van der Waals surface area contributed by atoms with Gasteiger partial charge in [-0.15, -0.1) is 13.2 Å². The second kappa shape index (κ2) is 10.4. The Morgan fingerprint density at radius 3 is 2.57 bits per heavy atom. The third-order valence-electron chi connectivity index (χ3n) is 5.54. The number of anilines is 2. The summed E-state index contributed by atoms with van der Waals surface area (Å²) in [6.07, 6.45) is -4.23. The van der Waals surface area contributed by atoms with Crippen molar-refractivity contribution in [3.8, 4) is 17.4 Å². The molecule has 1 aliphatic heterocycles. The largest absolute Gasteiger partial charge is 0.573 e. The van der Waals surface area contributed by atoms with Crippen LogP contribution in [0.5, 0.6) is 17.4 Å². The van der Waals surface area contributed by atoms with E-state index in [1.54, 1.807) is 12.1 Å². The minimum atomic E-state index is -4.88. The second-order valence-electron chi connectivity index (χ2n) is 8.05. The monoisotopic (exact) mass is 523 g/mol. The van der Waals surface area contributed by atoms with Gasteiger partial charge in [-0.3, -0.25) is 13.9 Å². The van der Waals surface area contributed by atoms with Gasteiger partial charge in [0.1, 0.15) is 23.0 Å². The van der Waals surface area contributed by atoms with Crippen molar-refractivity contribution in [2.75, 3.05) is 23.9 Å². The summed E-state index contributed by atoms with van der Waals surface area (Å²) in [4.78, 5) is 31.9. The van der Waals surface area contributed by atoms with E-state index in [1.165, 1.54) is 42.0 Å². The number of aromatic nitrogens is 3. The first-order valence-corrected chi connectivity index (χ1v) is 11.1. The van der Waals surface area contributed by atoms with Crippen LogP contribution in [0.15, 0.2) is 52.2 Å². The molecule has 0 fully saturated rings. The normalized spacial score (nSPS) is 14.8. The predicted molar refractivity (Wildman–Crippen MR) is 126 cm³/mol. The number of halogens is 3. The maximum Gasteiger partial charge on any atom is 0.573 e. The third kappa shape index (κ3) is 5.63. The van der Waals surface area contributed by atoms with Crippen molar-refractivity contribution in [1.82, 2.24) is 14.1 Å². The topological polar surface area (TPSA) is 120 Å². The van der Waals surface area contributed by atoms with Crippen LogP contribution in [0.4, 0.5) is 24.7 Å². The molecule has 1 aromatic carbocycles. The zero-order valence-electron chi connectivity index (χ0n) is 19.9. The van der Waals surface area contributed by atoms with E-state index in [4.69, 9.17) is 9.47 Å². The molecule has 11 nitrogen and oxygen atoms in total. The Morgan fingerprint density at radius 1 is 1.16 bits per heavy atom. The van der Waals surface area contributed by atoms with Gasteiger partial charge in [-0.25, -0.2) is 9.78 Å². The number of fused-ring (bicyclic) bond motifs is 1. The number of benzene rings is 1. The highest BCUT2D eigenvalue weighted by Crippen LogP contribution is 2.34.